The molecule has 0 aliphatic rings. The standard InChI is InChI=1S/C15H14ClNO3/c1-3-12-13(8-7-9(2)17-12)20-14-10(15(18)19)5-4-6-11(14)16/h4-8H,3H2,1-2H3,(H,18,19). The van der Waals surface area contributed by atoms with Gasteiger partial charge in [0, 0.05) is 5.69 Å². The van der Waals surface area contributed by atoms with Gasteiger partial charge in [0.15, 0.2) is 5.75 Å². The molecule has 5 heteroatoms. The van der Waals surface area contributed by atoms with Gasteiger partial charge in [0.25, 0.3) is 0 Å². The molecule has 0 aliphatic carbocycles. The van der Waals surface area contributed by atoms with E-state index in [1.54, 1.807) is 18.2 Å². The van der Waals surface area contributed by atoms with Gasteiger partial charge < -0.3 is 9.84 Å². The summed E-state index contributed by atoms with van der Waals surface area (Å²) in [5.74, 6) is -0.420. The number of hydrogen-bond donors (Lipinski definition) is 1. The smallest absolute Gasteiger partial charge is 0.339 e. The number of ether oxygens (including phenoxy) is 1. The number of nitrogens with zero attached hydrogens (tertiary/aromatic N) is 1. The van der Waals surface area contributed by atoms with Crippen molar-refractivity contribution in [2.24, 2.45) is 0 Å². The van der Waals surface area contributed by atoms with E-state index in [1.165, 1.54) is 6.07 Å². The number of aromatic nitrogens is 1. The van der Waals surface area contributed by atoms with Gasteiger partial charge in [0.2, 0.25) is 0 Å². The van der Waals surface area contributed by atoms with Crippen molar-refractivity contribution in [3.8, 4) is 11.5 Å². The van der Waals surface area contributed by atoms with Crippen LogP contribution in [0.25, 0.3) is 0 Å². The summed E-state index contributed by atoms with van der Waals surface area (Å²) in [6.07, 6.45) is 0.684. The van der Waals surface area contributed by atoms with Gasteiger partial charge in [0.05, 0.1) is 10.7 Å². The van der Waals surface area contributed by atoms with Crippen LogP contribution in [-0.2, 0) is 6.42 Å². The molecule has 0 atom stereocenters. The molecule has 0 unspecified atom stereocenters. The molecular formula is C15H14ClNO3. The molecule has 4 nitrogen and oxygen atoms in total. The van der Waals surface area contributed by atoms with E-state index in [4.69, 9.17) is 16.3 Å². The number of halogens is 1. The van der Waals surface area contributed by atoms with Crippen molar-refractivity contribution in [1.82, 2.24) is 4.98 Å². The van der Waals surface area contributed by atoms with E-state index in [1.807, 2.05) is 19.9 Å². The number of benzene rings is 1. The van der Waals surface area contributed by atoms with Gasteiger partial charge >= 0.3 is 5.97 Å². The zero-order valence-electron chi connectivity index (χ0n) is 11.2. The number of rotatable bonds is 4. The molecule has 0 spiro atoms. The Hall–Kier alpha value is -2.07. The second kappa shape index (κ2) is 5.92. The van der Waals surface area contributed by atoms with Gasteiger partial charge in [-0.25, -0.2) is 4.79 Å². The van der Waals surface area contributed by atoms with Crippen molar-refractivity contribution in [3.63, 3.8) is 0 Å². The van der Waals surface area contributed by atoms with Crippen LogP contribution < -0.4 is 4.74 Å². The van der Waals surface area contributed by atoms with Crippen LogP contribution in [0.2, 0.25) is 5.02 Å². The van der Waals surface area contributed by atoms with Gasteiger partial charge in [-0.3, -0.25) is 4.98 Å². The fraction of sp³-hybridized carbons (Fsp3) is 0.200. The summed E-state index contributed by atoms with van der Waals surface area (Å²) >= 11 is 6.04. The van der Waals surface area contributed by atoms with Crippen LogP contribution in [-0.4, -0.2) is 16.1 Å². The van der Waals surface area contributed by atoms with Crippen LogP contribution in [0.3, 0.4) is 0 Å². The summed E-state index contributed by atoms with van der Waals surface area (Å²) in [7, 11) is 0. The third-order valence-corrected chi connectivity index (χ3v) is 3.11. The maximum absolute atomic E-state index is 11.2. The lowest BCUT2D eigenvalue weighted by molar-refractivity contribution is 0.0694. The fourth-order valence-electron chi connectivity index (χ4n) is 1.83. The van der Waals surface area contributed by atoms with Crippen LogP contribution >= 0.6 is 11.6 Å². The normalized spacial score (nSPS) is 10.3. The molecule has 0 aliphatic heterocycles. The minimum atomic E-state index is -1.08. The molecular weight excluding hydrogens is 278 g/mol. The maximum Gasteiger partial charge on any atom is 0.339 e. The van der Waals surface area contributed by atoms with Crippen LogP contribution in [0.4, 0.5) is 0 Å². The lowest BCUT2D eigenvalue weighted by Gasteiger charge is -2.13. The molecule has 20 heavy (non-hydrogen) atoms. The number of carboxylic acids is 1. The van der Waals surface area contributed by atoms with Crippen molar-refractivity contribution in [1.29, 1.82) is 0 Å². The summed E-state index contributed by atoms with van der Waals surface area (Å²) < 4.78 is 5.70. The molecule has 0 radical (unpaired) electrons. The van der Waals surface area contributed by atoms with E-state index in [2.05, 4.69) is 4.98 Å². The largest absolute Gasteiger partial charge is 0.478 e. The summed E-state index contributed by atoms with van der Waals surface area (Å²) in [5.41, 5.74) is 1.67. The quantitative estimate of drug-likeness (QED) is 0.921. The third kappa shape index (κ3) is 2.91. The minimum absolute atomic E-state index is 0.0279. The van der Waals surface area contributed by atoms with Gasteiger partial charge in [-0.2, -0.15) is 0 Å². The number of aromatic carboxylic acids is 1. The van der Waals surface area contributed by atoms with Crippen molar-refractivity contribution >= 4 is 17.6 Å². The summed E-state index contributed by atoms with van der Waals surface area (Å²) in [6.45, 7) is 3.85. The lowest BCUT2D eigenvalue weighted by atomic mass is 10.2. The molecule has 0 saturated heterocycles. The Morgan fingerprint density at radius 1 is 1.35 bits per heavy atom. The number of carboxylic acid groups (broad SMARTS) is 1. The lowest BCUT2D eigenvalue weighted by Crippen LogP contribution is -2.02. The average molecular weight is 292 g/mol. The number of aryl methyl sites for hydroxylation is 2. The highest BCUT2D eigenvalue weighted by Gasteiger charge is 2.16. The van der Waals surface area contributed by atoms with E-state index < -0.39 is 5.97 Å². The second-order valence-electron chi connectivity index (χ2n) is 4.27. The molecule has 1 aromatic heterocycles. The zero-order valence-corrected chi connectivity index (χ0v) is 11.9. The Morgan fingerprint density at radius 2 is 2.10 bits per heavy atom. The molecule has 1 aromatic carbocycles. The highest BCUT2D eigenvalue weighted by atomic mass is 35.5. The molecule has 1 N–H and O–H groups in total. The third-order valence-electron chi connectivity index (χ3n) is 2.82. The highest BCUT2D eigenvalue weighted by Crippen LogP contribution is 2.34. The van der Waals surface area contributed by atoms with E-state index in [9.17, 15) is 9.90 Å². The second-order valence-corrected chi connectivity index (χ2v) is 4.68. The first kappa shape index (κ1) is 14.3. The molecule has 2 aromatic rings. The first-order valence-electron chi connectivity index (χ1n) is 6.19. The van der Waals surface area contributed by atoms with Crippen molar-refractivity contribution in [2.45, 2.75) is 20.3 Å². The Labute approximate surface area is 122 Å². The highest BCUT2D eigenvalue weighted by molar-refractivity contribution is 6.32. The van der Waals surface area contributed by atoms with Crippen LogP contribution in [0.5, 0.6) is 11.5 Å². The Bertz CT molecular complexity index is 656. The Kier molecular flexibility index (Phi) is 4.25. The molecule has 0 amide bonds. The first-order chi connectivity index (χ1) is 9.52. The van der Waals surface area contributed by atoms with E-state index in [0.717, 1.165) is 11.4 Å². The van der Waals surface area contributed by atoms with Crippen molar-refractivity contribution < 1.29 is 14.6 Å². The molecule has 1 heterocycles. The monoisotopic (exact) mass is 291 g/mol. The Balaban J connectivity index is 2.47. The average Bonchev–Trinajstić information content (AvgIpc) is 2.42. The number of hydrogen-bond acceptors (Lipinski definition) is 3. The topological polar surface area (TPSA) is 59.4 Å². The van der Waals surface area contributed by atoms with Gasteiger partial charge in [-0.05, 0) is 37.6 Å². The van der Waals surface area contributed by atoms with Crippen molar-refractivity contribution in [3.05, 3.63) is 52.3 Å². The molecule has 0 saturated carbocycles. The van der Waals surface area contributed by atoms with Crippen molar-refractivity contribution in [2.75, 3.05) is 0 Å². The van der Waals surface area contributed by atoms with Gasteiger partial charge in [-0.15, -0.1) is 0 Å². The molecule has 2 rings (SSSR count). The number of carbonyl (C=O) groups is 1. The van der Waals surface area contributed by atoms with Crippen LogP contribution in [0, 0.1) is 6.92 Å². The van der Waals surface area contributed by atoms with E-state index in [-0.39, 0.29) is 16.3 Å². The van der Waals surface area contributed by atoms with Gasteiger partial charge in [-0.1, -0.05) is 24.6 Å². The van der Waals surface area contributed by atoms with Crippen LogP contribution in [0.1, 0.15) is 28.7 Å². The first-order valence-corrected chi connectivity index (χ1v) is 6.57. The van der Waals surface area contributed by atoms with E-state index >= 15 is 0 Å². The molecule has 0 bridgehead atoms. The van der Waals surface area contributed by atoms with E-state index in [0.29, 0.717) is 12.2 Å². The zero-order chi connectivity index (χ0) is 14.7. The predicted octanol–water partition coefficient (Wildman–Crippen LogP) is 4.10. The summed E-state index contributed by atoms with van der Waals surface area (Å²) in [6, 6.07) is 8.21. The molecule has 104 valence electrons. The molecule has 0 fully saturated rings. The predicted molar refractivity (Wildman–Crippen MR) is 76.8 cm³/mol. The number of para-hydroxylation sites is 1. The Morgan fingerprint density at radius 3 is 2.75 bits per heavy atom. The number of pyridine rings is 1. The maximum atomic E-state index is 11.2. The van der Waals surface area contributed by atoms with Gasteiger partial charge in [0.1, 0.15) is 11.3 Å². The summed E-state index contributed by atoms with van der Waals surface area (Å²) in [4.78, 5) is 15.6. The van der Waals surface area contributed by atoms with Crippen LogP contribution in [0.15, 0.2) is 30.3 Å². The SMILES string of the molecule is CCc1nc(C)ccc1Oc1c(Cl)cccc1C(=O)O. The minimum Gasteiger partial charge on any atom is -0.478 e. The summed E-state index contributed by atoms with van der Waals surface area (Å²) in [5, 5.41) is 9.44. The fourth-order valence-corrected chi connectivity index (χ4v) is 2.05.